The molecule has 0 saturated carbocycles. The van der Waals surface area contributed by atoms with E-state index in [-0.39, 0.29) is 19.4 Å². The van der Waals surface area contributed by atoms with Crippen LogP contribution in [0, 0.1) is 6.92 Å². The van der Waals surface area contributed by atoms with Crippen molar-refractivity contribution in [2.24, 2.45) is 0 Å². The molecule has 0 bridgehead atoms. The molecule has 172 valence electrons. The molecule has 0 aliphatic rings. The number of anilines is 1. The van der Waals surface area contributed by atoms with Gasteiger partial charge in [0.05, 0.1) is 6.42 Å². The maximum Gasteiger partial charge on any atom is 0.306 e. The molecule has 7 heteroatoms. The van der Waals surface area contributed by atoms with Crippen LogP contribution >= 0.6 is 0 Å². The molecule has 3 aromatic carbocycles. The summed E-state index contributed by atoms with van der Waals surface area (Å²) in [5, 5.41) is 6.78. The summed E-state index contributed by atoms with van der Waals surface area (Å²) in [6, 6.07) is 25.3. The molecule has 1 aromatic heterocycles. The molecular weight excluding hydrogens is 430 g/mol. The first-order chi connectivity index (χ1) is 16.6. The Kier molecular flexibility index (Phi) is 7.45. The zero-order valence-electron chi connectivity index (χ0n) is 18.9. The minimum atomic E-state index is -0.511. The van der Waals surface area contributed by atoms with E-state index in [9.17, 15) is 9.59 Å². The number of rotatable bonds is 9. The zero-order valence-corrected chi connectivity index (χ0v) is 18.9. The number of hydrogen-bond acceptors (Lipinski definition) is 6. The summed E-state index contributed by atoms with van der Waals surface area (Å²) >= 11 is 0. The lowest BCUT2D eigenvalue weighted by Crippen LogP contribution is -2.21. The first kappa shape index (κ1) is 22.9. The van der Waals surface area contributed by atoms with Gasteiger partial charge >= 0.3 is 5.97 Å². The first-order valence-electron chi connectivity index (χ1n) is 11.0. The van der Waals surface area contributed by atoms with E-state index in [0.717, 1.165) is 22.3 Å². The second-order valence-electron chi connectivity index (χ2n) is 7.91. The molecule has 4 aromatic rings. The van der Waals surface area contributed by atoms with Gasteiger partial charge in [-0.1, -0.05) is 83.5 Å². The van der Waals surface area contributed by atoms with E-state index in [1.807, 2.05) is 85.8 Å². The van der Waals surface area contributed by atoms with Crippen LogP contribution in [-0.2, 0) is 27.2 Å². The van der Waals surface area contributed by atoms with Crippen molar-refractivity contribution in [3.63, 3.8) is 0 Å². The highest BCUT2D eigenvalue weighted by Gasteiger charge is 2.13. The fourth-order valence-corrected chi connectivity index (χ4v) is 3.40. The van der Waals surface area contributed by atoms with Crippen molar-refractivity contribution in [3.05, 3.63) is 101 Å². The number of aromatic nitrogens is 2. The largest absolute Gasteiger partial charge is 0.456 e. The normalized spacial score (nSPS) is 10.6. The van der Waals surface area contributed by atoms with Gasteiger partial charge in [-0.05, 0) is 30.5 Å². The predicted octanol–water partition coefficient (Wildman–Crippen LogP) is 4.75. The number of aryl methyl sites for hydroxylation is 2. The summed E-state index contributed by atoms with van der Waals surface area (Å²) in [5.74, 6) is -0.0974. The van der Waals surface area contributed by atoms with Crippen molar-refractivity contribution in [1.82, 2.24) is 10.1 Å². The van der Waals surface area contributed by atoms with Crippen LogP contribution in [0.25, 0.3) is 11.4 Å². The molecule has 1 N–H and O–H groups in total. The third kappa shape index (κ3) is 6.38. The third-order valence-electron chi connectivity index (χ3n) is 5.21. The molecule has 34 heavy (non-hydrogen) atoms. The Morgan fingerprint density at radius 3 is 2.47 bits per heavy atom. The molecule has 0 aliphatic heterocycles. The third-order valence-corrected chi connectivity index (χ3v) is 5.21. The summed E-state index contributed by atoms with van der Waals surface area (Å²) in [6.45, 7) is 1.64. The van der Waals surface area contributed by atoms with Gasteiger partial charge in [-0.15, -0.1) is 0 Å². The number of ether oxygens (including phenoxy) is 1. The van der Waals surface area contributed by atoms with E-state index in [0.29, 0.717) is 23.8 Å². The molecule has 4 rings (SSSR count). The molecule has 0 spiro atoms. The van der Waals surface area contributed by atoms with Crippen molar-refractivity contribution >= 4 is 17.6 Å². The van der Waals surface area contributed by atoms with Gasteiger partial charge < -0.3 is 14.6 Å². The average Bonchev–Trinajstić information content (AvgIpc) is 3.33. The molecular formula is C27H25N3O4. The average molecular weight is 456 g/mol. The van der Waals surface area contributed by atoms with Gasteiger partial charge in [-0.25, -0.2) is 0 Å². The van der Waals surface area contributed by atoms with Gasteiger partial charge in [0.15, 0.2) is 6.61 Å². The fourth-order valence-electron chi connectivity index (χ4n) is 3.40. The maximum atomic E-state index is 12.4. The quantitative estimate of drug-likeness (QED) is 0.366. The van der Waals surface area contributed by atoms with Crippen LogP contribution in [0.4, 0.5) is 5.69 Å². The van der Waals surface area contributed by atoms with Crippen LogP contribution < -0.4 is 5.32 Å². The van der Waals surface area contributed by atoms with Gasteiger partial charge in [0.1, 0.15) is 0 Å². The predicted molar refractivity (Wildman–Crippen MR) is 128 cm³/mol. The Morgan fingerprint density at radius 1 is 0.941 bits per heavy atom. The van der Waals surface area contributed by atoms with Crippen molar-refractivity contribution < 1.29 is 18.8 Å². The highest BCUT2D eigenvalue weighted by molar-refractivity contribution is 5.93. The topological polar surface area (TPSA) is 94.3 Å². The monoisotopic (exact) mass is 455 g/mol. The Balaban J connectivity index is 1.24. The van der Waals surface area contributed by atoms with Crippen LogP contribution in [0.15, 0.2) is 83.4 Å². The Morgan fingerprint density at radius 2 is 1.68 bits per heavy atom. The molecule has 0 unspecified atom stereocenters. The standard InChI is InChI=1S/C27H25N3O4/c1-19-11-13-21(14-12-19)27-29-25(34-30-27)15-16-26(32)33-18-24(31)28-23-10-6-5-9-22(23)17-20-7-3-2-4-8-20/h2-14H,15-18H2,1H3,(H,28,31). The molecule has 0 atom stereocenters. The lowest BCUT2D eigenvalue weighted by Gasteiger charge is -2.11. The number of hydrogen-bond donors (Lipinski definition) is 1. The van der Waals surface area contributed by atoms with E-state index in [2.05, 4.69) is 15.5 Å². The van der Waals surface area contributed by atoms with Crippen molar-refractivity contribution in [1.29, 1.82) is 0 Å². The molecule has 1 amide bonds. The maximum absolute atomic E-state index is 12.4. The number of amides is 1. The Bertz CT molecular complexity index is 1250. The lowest BCUT2D eigenvalue weighted by molar-refractivity contribution is -0.147. The van der Waals surface area contributed by atoms with E-state index in [4.69, 9.17) is 9.26 Å². The zero-order chi connectivity index (χ0) is 23.8. The van der Waals surface area contributed by atoms with Crippen LogP contribution in [0.2, 0.25) is 0 Å². The number of nitrogens with one attached hydrogen (secondary N) is 1. The van der Waals surface area contributed by atoms with Gasteiger partial charge in [-0.2, -0.15) is 4.98 Å². The first-order valence-corrected chi connectivity index (χ1v) is 11.0. The smallest absolute Gasteiger partial charge is 0.306 e. The minimum Gasteiger partial charge on any atom is -0.456 e. The number of benzene rings is 3. The summed E-state index contributed by atoms with van der Waals surface area (Å²) in [4.78, 5) is 28.8. The van der Waals surface area contributed by atoms with Gasteiger partial charge in [0.25, 0.3) is 5.91 Å². The number of carbonyl (C=O) groups is 2. The van der Waals surface area contributed by atoms with E-state index < -0.39 is 11.9 Å². The van der Waals surface area contributed by atoms with Crippen LogP contribution in [0.1, 0.15) is 29.0 Å². The molecule has 1 heterocycles. The lowest BCUT2D eigenvalue weighted by atomic mass is 10.0. The van der Waals surface area contributed by atoms with Crippen LogP contribution in [0.3, 0.4) is 0 Å². The highest BCUT2D eigenvalue weighted by atomic mass is 16.5. The summed E-state index contributed by atoms with van der Waals surface area (Å²) in [5.41, 5.74) is 4.80. The fraction of sp³-hybridized carbons (Fsp3) is 0.185. The van der Waals surface area contributed by atoms with Crippen molar-refractivity contribution in [3.8, 4) is 11.4 Å². The number of nitrogens with zero attached hydrogens (tertiary/aromatic N) is 2. The summed E-state index contributed by atoms with van der Waals surface area (Å²) in [7, 11) is 0. The molecule has 0 aliphatic carbocycles. The number of carbonyl (C=O) groups excluding carboxylic acids is 2. The second-order valence-corrected chi connectivity index (χ2v) is 7.91. The van der Waals surface area contributed by atoms with Crippen molar-refractivity contribution in [2.45, 2.75) is 26.2 Å². The Hall–Kier alpha value is -4.26. The summed E-state index contributed by atoms with van der Waals surface area (Å²) in [6.07, 6.45) is 0.957. The molecule has 7 nitrogen and oxygen atoms in total. The molecule has 0 saturated heterocycles. The Labute approximate surface area is 197 Å². The van der Waals surface area contributed by atoms with Gasteiger partial charge in [-0.3, -0.25) is 9.59 Å². The second kappa shape index (κ2) is 11.0. The van der Waals surface area contributed by atoms with E-state index in [1.165, 1.54) is 0 Å². The van der Waals surface area contributed by atoms with Gasteiger partial charge in [0.2, 0.25) is 11.7 Å². The number of esters is 1. The van der Waals surface area contributed by atoms with E-state index in [1.54, 1.807) is 0 Å². The van der Waals surface area contributed by atoms with E-state index >= 15 is 0 Å². The van der Waals surface area contributed by atoms with Crippen LogP contribution in [0.5, 0.6) is 0 Å². The minimum absolute atomic E-state index is 0.0351. The van der Waals surface area contributed by atoms with Gasteiger partial charge in [0, 0.05) is 17.7 Å². The highest BCUT2D eigenvalue weighted by Crippen LogP contribution is 2.19. The van der Waals surface area contributed by atoms with Crippen LogP contribution in [-0.4, -0.2) is 28.6 Å². The van der Waals surface area contributed by atoms with Crippen molar-refractivity contribution in [2.75, 3.05) is 11.9 Å². The number of para-hydroxylation sites is 1. The molecule has 0 fully saturated rings. The summed E-state index contributed by atoms with van der Waals surface area (Å²) < 4.78 is 10.3. The molecule has 0 radical (unpaired) electrons. The SMILES string of the molecule is Cc1ccc(-c2noc(CCC(=O)OCC(=O)Nc3ccccc3Cc3ccccc3)n2)cc1.